The van der Waals surface area contributed by atoms with Gasteiger partial charge in [-0.3, -0.25) is 4.79 Å². The molecule has 252 valence electrons. The van der Waals surface area contributed by atoms with Gasteiger partial charge in [0.15, 0.2) is 0 Å². The van der Waals surface area contributed by atoms with Crippen LogP contribution in [0.5, 0.6) is 0 Å². The molecule has 0 radical (unpaired) electrons. The van der Waals surface area contributed by atoms with Gasteiger partial charge in [-0.1, -0.05) is 81.1 Å². The smallest absolute Gasteiger partial charge is 0.303 e. The lowest BCUT2D eigenvalue weighted by molar-refractivity contribution is -0.569. The van der Waals surface area contributed by atoms with E-state index in [1.165, 1.54) is 6.92 Å². The number of rotatable bonds is 8. The second-order valence-corrected chi connectivity index (χ2v) is 15.1. The van der Waals surface area contributed by atoms with Gasteiger partial charge in [0.1, 0.15) is 41.2 Å². The molecule has 1 unspecified atom stereocenters. The molecular weight excluding hydrogens is 600 g/mol. The molecule has 4 aliphatic heterocycles. The molecule has 9 nitrogen and oxygen atoms in total. The van der Waals surface area contributed by atoms with Crippen LogP contribution < -0.4 is 0 Å². The van der Waals surface area contributed by atoms with Gasteiger partial charge in [0, 0.05) is 31.6 Å². The molecule has 14 atom stereocenters. The maximum absolute atomic E-state index is 12.7. The highest BCUT2D eigenvalue weighted by Gasteiger charge is 2.90. The second-order valence-electron chi connectivity index (χ2n) is 15.1. The molecule has 9 rings (SSSR count). The molecule has 7 fully saturated rings. The minimum atomic E-state index is -1.51. The van der Waals surface area contributed by atoms with Gasteiger partial charge in [-0.05, 0) is 42.9 Å². The predicted molar refractivity (Wildman–Crippen MR) is 169 cm³/mol. The third-order valence-electron chi connectivity index (χ3n) is 12.3. The average molecular weight is 647 g/mol. The van der Waals surface area contributed by atoms with Crippen molar-refractivity contribution in [1.29, 1.82) is 0 Å². The Labute approximate surface area is 276 Å². The summed E-state index contributed by atoms with van der Waals surface area (Å²) < 4.78 is 47.9. The molecule has 3 aliphatic carbocycles. The van der Waals surface area contributed by atoms with Crippen LogP contribution in [0.2, 0.25) is 0 Å². The van der Waals surface area contributed by atoms with Crippen LogP contribution in [0.1, 0.15) is 59.1 Å². The zero-order chi connectivity index (χ0) is 33.1. The van der Waals surface area contributed by atoms with Crippen LogP contribution in [0.15, 0.2) is 72.8 Å². The number of esters is 1. The van der Waals surface area contributed by atoms with Gasteiger partial charge in [-0.15, -0.1) is 0 Å². The van der Waals surface area contributed by atoms with Crippen LogP contribution in [0.25, 0.3) is 0 Å². The first kappa shape index (κ1) is 31.6. The van der Waals surface area contributed by atoms with E-state index in [-0.39, 0.29) is 23.7 Å². The SMILES string of the molecule is C=C(C)[C@@]1(O)[C@@H]2OC3(C)O[C@H]1[C@@H](C)[C@@]1(O3)[C@H]2[C@H](OCc2ccccc2)[C@@]2(C)O[C@@]3([C@H]1C[C@H](C)[C@@H]3OC(C)=O)[C@@H]2OCc1ccccc1. The van der Waals surface area contributed by atoms with Gasteiger partial charge in [-0.25, -0.2) is 0 Å². The van der Waals surface area contributed by atoms with Crippen molar-refractivity contribution in [3.63, 3.8) is 0 Å². The summed E-state index contributed by atoms with van der Waals surface area (Å²) >= 11 is 0. The van der Waals surface area contributed by atoms with Crippen molar-refractivity contribution in [3.8, 4) is 0 Å². The molecule has 1 N–H and O–H groups in total. The third-order valence-corrected chi connectivity index (χ3v) is 12.3. The zero-order valence-corrected chi connectivity index (χ0v) is 28.0. The molecule has 4 heterocycles. The monoisotopic (exact) mass is 646 g/mol. The molecule has 47 heavy (non-hydrogen) atoms. The van der Waals surface area contributed by atoms with E-state index in [2.05, 4.69) is 20.4 Å². The number of hydrogen-bond donors (Lipinski definition) is 1. The Bertz CT molecular complexity index is 1570. The molecule has 2 aromatic carbocycles. The summed E-state index contributed by atoms with van der Waals surface area (Å²) in [4.78, 5) is 12.7. The van der Waals surface area contributed by atoms with Gasteiger partial charge in [0.05, 0.1) is 24.9 Å². The van der Waals surface area contributed by atoms with E-state index in [1.54, 1.807) is 6.92 Å². The minimum absolute atomic E-state index is 0.0582. The van der Waals surface area contributed by atoms with Crippen LogP contribution >= 0.6 is 0 Å². The zero-order valence-electron chi connectivity index (χ0n) is 28.0. The van der Waals surface area contributed by atoms with Crippen LogP contribution in [-0.2, 0) is 51.2 Å². The van der Waals surface area contributed by atoms with E-state index in [9.17, 15) is 9.90 Å². The minimum Gasteiger partial charge on any atom is -0.459 e. The average Bonchev–Trinajstić information content (AvgIpc) is 3.24. The molecular formula is C38H46O9. The normalized spacial score (nSPS) is 48.6. The molecule has 0 amide bonds. The number of carbonyl (C=O) groups is 1. The summed E-state index contributed by atoms with van der Waals surface area (Å²) in [6.07, 6.45) is -2.58. The van der Waals surface area contributed by atoms with Crippen LogP contribution in [0.4, 0.5) is 0 Å². The molecule has 6 bridgehead atoms. The molecule has 2 spiro atoms. The summed E-state index contributed by atoms with van der Waals surface area (Å²) in [5.74, 6) is -3.00. The number of fused-ring (bicyclic) bond motifs is 1. The lowest BCUT2D eigenvalue weighted by atomic mass is 9.51. The number of carbonyl (C=O) groups excluding carboxylic acids is 1. The van der Waals surface area contributed by atoms with Crippen molar-refractivity contribution in [3.05, 3.63) is 83.9 Å². The first-order valence-electron chi connectivity index (χ1n) is 16.9. The van der Waals surface area contributed by atoms with E-state index >= 15 is 0 Å². The van der Waals surface area contributed by atoms with E-state index in [4.69, 9.17) is 33.2 Å². The highest BCUT2D eigenvalue weighted by molar-refractivity contribution is 5.66. The van der Waals surface area contributed by atoms with Gasteiger partial charge in [-0.2, -0.15) is 0 Å². The van der Waals surface area contributed by atoms with Crippen LogP contribution in [0, 0.1) is 23.7 Å². The fourth-order valence-electron chi connectivity index (χ4n) is 10.7. The van der Waals surface area contributed by atoms with Crippen molar-refractivity contribution in [2.75, 3.05) is 0 Å². The Morgan fingerprint density at radius 3 is 2.06 bits per heavy atom. The lowest BCUT2D eigenvalue weighted by Crippen LogP contribution is -2.86. The molecule has 7 aliphatic rings. The van der Waals surface area contributed by atoms with E-state index in [0.29, 0.717) is 25.2 Å². The maximum Gasteiger partial charge on any atom is 0.303 e. The first-order chi connectivity index (χ1) is 22.3. The molecule has 2 aromatic rings. The Balaban J connectivity index is 1.33. The Hall–Kier alpha value is -2.63. The van der Waals surface area contributed by atoms with E-state index < -0.39 is 64.8 Å². The molecule has 3 saturated carbocycles. The summed E-state index contributed by atoms with van der Waals surface area (Å²) in [5.41, 5.74) is -1.95. The quantitative estimate of drug-likeness (QED) is 0.311. The predicted octanol–water partition coefficient (Wildman–Crippen LogP) is 5.09. The topological polar surface area (TPSA) is 102 Å². The summed E-state index contributed by atoms with van der Waals surface area (Å²) in [6.45, 7) is 16.2. The fraction of sp³-hybridized carbons (Fsp3) is 0.605. The summed E-state index contributed by atoms with van der Waals surface area (Å²) in [7, 11) is 0. The highest BCUT2D eigenvalue weighted by Crippen LogP contribution is 2.75. The lowest BCUT2D eigenvalue weighted by Gasteiger charge is -2.72. The van der Waals surface area contributed by atoms with Crippen LogP contribution in [-0.4, -0.2) is 70.0 Å². The van der Waals surface area contributed by atoms with Crippen molar-refractivity contribution < 1.29 is 43.1 Å². The van der Waals surface area contributed by atoms with Gasteiger partial charge in [0.25, 0.3) is 5.97 Å². The summed E-state index contributed by atoms with van der Waals surface area (Å²) in [6, 6.07) is 20.0. The van der Waals surface area contributed by atoms with Crippen molar-refractivity contribution in [1.82, 2.24) is 0 Å². The van der Waals surface area contributed by atoms with Gasteiger partial charge < -0.3 is 38.3 Å². The number of ether oxygens (including phenoxy) is 7. The molecule has 9 heteroatoms. The number of benzene rings is 2. The van der Waals surface area contributed by atoms with E-state index in [0.717, 1.165) is 11.1 Å². The van der Waals surface area contributed by atoms with Crippen molar-refractivity contribution in [2.24, 2.45) is 23.7 Å². The second kappa shape index (κ2) is 10.4. The Kier molecular flexibility index (Phi) is 7.02. The van der Waals surface area contributed by atoms with Crippen molar-refractivity contribution in [2.45, 2.75) is 120 Å². The van der Waals surface area contributed by atoms with Crippen LogP contribution in [0.3, 0.4) is 0 Å². The number of hydrogen-bond acceptors (Lipinski definition) is 9. The number of aliphatic hydroxyl groups is 1. The standard InChI is InChI=1S/C38H46O9/c1-21(2)36(40)30-23(4)37-27-18-22(3)29(43-24(5)39)38(27)33(42-20-26-16-12-9-13-17-26)34(6,46-38)31(41-19-25-14-10-8-11-15-25)28(37)32(36)45-35(7,44-30)47-37/h8-17,22-23,27-33,40H,1,18-20H2,2-7H3/t22-,23+,27-,28-,29-,30-,31-,32+,33+,34+,35?,36-,37-,38+/m0/s1. The Morgan fingerprint density at radius 2 is 1.47 bits per heavy atom. The van der Waals surface area contributed by atoms with Gasteiger partial charge in [0.2, 0.25) is 0 Å². The third kappa shape index (κ3) is 4.05. The summed E-state index contributed by atoms with van der Waals surface area (Å²) in [5, 5.41) is 12.6. The highest BCUT2D eigenvalue weighted by atomic mass is 16.9. The molecule has 4 saturated heterocycles. The fourth-order valence-corrected chi connectivity index (χ4v) is 10.7. The van der Waals surface area contributed by atoms with Crippen molar-refractivity contribution >= 4 is 5.97 Å². The molecule has 0 aromatic heterocycles. The Morgan fingerprint density at radius 1 is 0.872 bits per heavy atom. The van der Waals surface area contributed by atoms with Gasteiger partial charge >= 0.3 is 5.97 Å². The van der Waals surface area contributed by atoms with E-state index in [1.807, 2.05) is 74.5 Å². The first-order valence-corrected chi connectivity index (χ1v) is 16.9. The largest absolute Gasteiger partial charge is 0.459 e. The maximum atomic E-state index is 12.7.